The van der Waals surface area contributed by atoms with Gasteiger partial charge in [-0.15, -0.1) is 11.6 Å². The molecule has 0 unspecified atom stereocenters. The fourth-order valence-corrected chi connectivity index (χ4v) is 2.54. The van der Waals surface area contributed by atoms with Crippen molar-refractivity contribution in [3.63, 3.8) is 0 Å². The number of rotatable bonds is 3. The van der Waals surface area contributed by atoms with Crippen molar-refractivity contribution in [1.82, 2.24) is 0 Å². The lowest BCUT2D eigenvalue weighted by molar-refractivity contribution is -0.113. The van der Waals surface area contributed by atoms with Gasteiger partial charge in [-0.25, -0.2) is 0 Å². The molecule has 1 amide bonds. The third kappa shape index (κ3) is 3.47. The van der Waals surface area contributed by atoms with Gasteiger partial charge in [0.2, 0.25) is 5.91 Å². The molecule has 0 atom stereocenters. The first-order valence-corrected chi connectivity index (χ1v) is 6.79. The van der Waals surface area contributed by atoms with Gasteiger partial charge in [-0.1, -0.05) is 31.4 Å². The van der Waals surface area contributed by atoms with Gasteiger partial charge in [-0.05, 0) is 36.5 Å². The van der Waals surface area contributed by atoms with Crippen molar-refractivity contribution < 1.29 is 4.79 Å². The van der Waals surface area contributed by atoms with Crippen LogP contribution < -0.4 is 5.32 Å². The average molecular weight is 252 g/mol. The monoisotopic (exact) mass is 251 g/mol. The SMILES string of the molecule is O=C(CCl)Nc1ccc(C2CCCCC2)cc1. The van der Waals surface area contributed by atoms with Gasteiger partial charge < -0.3 is 5.32 Å². The maximum atomic E-state index is 11.1. The van der Waals surface area contributed by atoms with E-state index in [1.807, 2.05) is 12.1 Å². The molecule has 0 aliphatic heterocycles. The molecule has 1 saturated carbocycles. The molecule has 2 nitrogen and oxygen atoms in total. The van der Waals surface area contributed by atoms with E-state index in [4.69, 9.17) is 11.6 Å². The Kier molecular flexibility index (Phi) is 4.43. The second kappa shape index (κ2) is 6.06. The third-order valence-corrected chi connectivity index (χ3v) is 3.64. The number of carbonyl (C=O) groups excluding carboxylic acids is 1. The van der Waals surface area contributed by atoms with Crippen molar-refractivity contribution in [2.45, 2.75) is 38.0 Å². The van der Waals surface area contributed by atoms with E-state index in [9.17, 15) is 4.79 Å². The molecule has 0 bridgehead atoms. The molecule has 1 N–H and O–H groups in total. The summed E-state index contributed by atoms with van der Waals surface area (Å²) in [7, 11) is 0. The van der Waals surface area contributed by atoms with Crippen molar-refractivity contribution in [2.75, 3.05) is 11.2 Å². The van der Waals surface area contributed by atoms with Crippen LogP contribution in [-0.2, 0) is 4.79 Å². The van der Waals surface area contributed by atoms with Gasteiger partial charge >= 0.3 is 0 Å². The number of carbonyl (C=O) groups is 1. The molecule has 0 radical (unpaired) electrons. The summed E-state index contributed by atoms with van der Waals surface area (Å²) in [6, 6.07) is 8.18. The molecule has 1 aromatic rings. The van der Waals surface area contributed by atoms with Crippen LogP contribution in [0.4, 0.5) is 5.69 Å². The molecular formula is C14H18ClNO. The normalized spacial score (nSPS) is 16.8. The lowest BCUT2D eigenvalue weighted by Crippen LogP contribution is -2.12. The van der Waals surface area contributed by atoms with Gasteiger partial charge in [0.15, 0.2) is 0 Å². The standard InChI is InChI=1S/C14H18ClNO/c15-10-14(17)16-13-8-6-12(7-9-13)11-4-2-1-3-5-11/h6-9,11H,1-5,10H2,(H,16,17). The molecule has 1 aliphatic rings. The zero-order valence-electron chi connectivity index (χ0n) is 9.92. The van der Waals surface area contributed by atoms with Crippen LogP contribution in [0.3, 0.4) is 0 Å². The van der Waals surface area contributed by atoms with Crippen LogP contribution in [0.5, 0.6) is 0 Å². The maximum absolute atomic E-state index is 11.1. The second-order valence-corrected chi connectivity index (χ2v) is 4.91. The van der Waals surface area contributed by atoms with E-state index < -0.39 is 0 Å². The predicted molar refractivity (Wildman–Crippen MR) is 71.6 cm³/mol. The van der Waals surface area contributed by atoms with E-state index in [0.717, 1.165) is 5.69 Å². The van der Waals surface area contributed by atoms with Crippen LogP contribution in [0.15, 0.2) is 24.3 Å². The van der Waals surface area contributed by atoms with E-state index in [1.54, 1.807) is 0 Å². The number of amides is 1. The summed E-state index contributed by atoms with van der Waals surface area (Å²) in [6.07, 6.45) is 6.66. The van der Waals surface area contributed by atoms with Gasteiger partial charge in [-0.2, -0.15) is 0 Å². The van der Waals surface area contributed by atoms with Gasteiger partial charge in [-0.3, -0.25) is 4.79 Å². The van der Waals surface area contributed by atoms with E-state index in [-0.39, 0.29) is 11.8 Å². The van der Waals surface area contributed by atoms with Crippen molar-refractivity contribution in [3.05, 3.63) is 29.8 Å². The summed E-state index contributed by atoms with van der Waals surface area (Å²) < 4.78 is 0. The minimum atomic E-state index is -0.155. The number of benzene rings is 1. The second-order valence-electron chi connectivity index (χ2n) is 4.64. The fourth-order valence-electron chi connectivity index (χ4n) is 2.47. The number of hydrogen-bond donors (Lipinski definition) is 1. The minimum absolute atomic E-state index is 0.00434. The van der Waals surface area contributed by atoms with Crippen LogP contribution in [0.1, 0.15) is 43.6 Å². The molecule has 0 saturated heterocycles. The molecule has 3 heteroatoms. The summed E-state index contributed by atoms with van der Waals surface area (Å²) >= 11 is 5.44. The van der Waals surface area contributed by atoms with E-state index >= 15 is 0 Å². The number of nitrogens with one attached hydrogen (secondary N) is 1. The minimum Gasteiger partial charge on any atom is -0.325 e. The van der Waals surface area contributed by atoms with E-state index in [2.05, 4.69) is 17.4 Å². The highest BCUT2D eigenvalue weighted by Crippen LogP contribution is 2.32. The largest absolute Gasteiger partial charge is 0.325 e. The highest BCUT2D eigenvalue weighted by atomic mass is 35.5. The molecule has 1 aliphatic carbocycles. The van der Waals surface area contributed by atoms with Crippen LogP contribution >= 0.6 is 11.6 Å². The van der Waals surface area contributed by atoms with Gasteiger partial charge in [0.1, 0.15) is 5.88 Å². The molecule has 1 aromatic carbocycles. The lowest BCUT2D eigenvalue weighted by atomic mass is 9.84. The smallest absolute Gasteiger partial charge is 0.239 e. The Morgan fingerprint density at radius 1 is 1.18 bits per heavy atom. The van der Waals surface area contributed by atoms with Gasteiger partial charge in [0, 0.05) is 5.69 Å². The molecule has 0 heterocycles. The maximum Gasteiger partial charge on any atom is 0.239 e. The van der Waals surface area contributed by atoms with E-state index in [0.29, 0.717) is 5.92 Å². The Labute approximate surface area is 107 Å². The van der Waals surface area contributed by atoms with E-state index in [1.165, 1.54) is 37.7 Å². The summed E-state index contributed by atoms with van der Waals surface area (Å²) in [5.41, 5.74) is 2.23. The van der Waals surface area contributed by atoms with Crippen molar-refractivity contribution in [1.29, 1.82) is 0 Å². The molecule has 17 heavy (non-hydrogen) atoms. The zero-order valence-corrected chi connectivity index (χ0v) is 10.7. The molecule has 2 rings (SSSR count). The number of alkyl halides is 1. The van der Waals surface area contributed by atoms with Crippen LogP contribution in [0, 0.1) is 0 Å². The Morgan fingerprint density at radius 2 is 1.82 bits per heavy atom. The fraction of sp³-hybridized carbons (Fsp3) is 0.500. The Balaban J connectivity index is 1.99. The summed E-state index contributed by atoms with van der Waals surface area (Å²) in [5, 5.41) is 2.75. The molecule has 0 aromatic heterocycles. The summed E-state index contributed by atoms with van der Waals surface area (Å²) in [4.78, 5) is 11.1. The molecule has 0 spiro atoms. The molecule has 92 valence electrons. The van der Waals surface area contributed by atoms with Crippen LogP contribution in [0.25, 0.3) is 0 Å². The van der Waals surface area contributed by atoms with Crippen molar-refractivity contribution in [2.24, 2.45) is 0 Å². The number of hydrogen-bond acceptors (Lipinski definition) is 1. The third-order valence-electron chi connectivity index (χ3n) is 3.39. The summed E-state index contributed by atoms with van der Waals surface area (Å²) in [6.45, 7) is 0. The highest BCUT2D eigenvalue weighted by Gasteiger charge is 2.15. The van der Waals surface area contributed by atoms with Crippen molar-refractivity contribution >= 4 is 23.2 Å². The number of anilines is 1. The summed E-state index contributed by atoms with van der Waals surface area (Å²) in [5.74, 6) is 0.559. The molecule has 1 fully saturated rings. The Morgan fingerprint density at radius 3 is 2.41 bits per heavy atom. The average Bonchev–Trinajstić information content (AvgIpc) is 2.40. The zero-order chi connectivity index (χ0) is 12.1. The molecular weight excluding hydrogens is 234 g/mol. The van der Waals surface area contributed by atoms with Crippen molar-refractivity contribution in [3.8, 4) is 0 Å². The Hall–Kier alpha value is -1.02. The first-order valence-electron chi connectivity index (χ1n) is 6.25. The van der Waals surface area contributed by atoms with Gasteiger partial charge in [0.25, 0.3) is 0 Å². The number of halogens is 1. The predicted octanol–water partition coefficient (Wildman–Crippen LogP) is 3.91. The quantitative estimate of drug-likeness (QED) is 0.811. The Bertz CT molecular complexity index is 368. The van der Waals surface area contributed by atoms with Crippen LogP contribution in [-0.4, -0.2) is 11.8 Å². The topological polar surface area (TPSA) is 29.1 Å². The highest BCUT2D eigenvalue weighted by molar-refractivity contribution is 6.29. The lowest BCUT2D eigenvalue weighted by Gasteiger charge is -2.22. The van der Waals surface area contributed by atoms with Gasteiger partial charge in [0.05, 0.1) is 0 Å². The first-order chi connectivity index (χ1) is 8.29. The first kappa shape index (κ1) is 12.4. The van der Waals surface area contributed by atoms with Crippen LogP contribution in [0.2, 0.25) is 0 Å².